The number of rotatable bonds is 6. The van der Waals surface area contributed by atoms with Crippen LogP contribution in [0.2, 0.25) is 0 Å². The van der Waals surface area contributed by atoms with Gasteiger partial charge in [-0.15, -0.1) is 11.3 Å². The number of hydrogen-bond donors (Lipinski definition) is 2. The average molecular weight is 398 g/mol. The predicted molar refractivity (Wildman–Crippen MR) is 107 cm³/mol. The first kappa shape index (κ1) is 18.8. The number of nitrogens with one attached hydrogen (secondary N) is 1. The molecule has 8 heteroatoms. The molecule has 2 unspecified atom stereocenters. The van der Waals surface area contributed by atoms with Gasteiger partial charge in [-0.05, 0) is 31.4 Å². The van der Waals surface area contributed by atoms with E-state index in [1.165, 1.54) is 11.3 Å². The molecule has 0 saturated carbocycles. The molecule has 1 aliphatic heterocycles. The summed E-state index contributed by atoms with van der Waals surface area (Å²) in [5, 5.41) is 19.8. The topological polar surface area (TPSA) is 95.0 Å². The van der Waals surface area contributed by atoms with Gasteiger partial charge in [0.25, 0.3) is 5.91 Å². The smallest absolute Gasteiger partial charge is 0.254 e. The first-order valence-corrected chi connectivity index (χ1v) is 10.4. The quantitative estimate of drug-likeness (QED) is 0.666. The molecule has 146 valence electrons. The summed E-state index contributed by atoms with van der Waals surface area (Å²) in [6.07, 6.45) is 9.60. The minimum atomic E-state index is -1.13. The number of likely N-dealkylation sites (tertiary alicyclic amines) is 1. The zero-order valence-electron chi connectivity index (χ0n) is 15.7. The maximum Gasteiger partial charge on any atom is 0.254 e. The van der Waals surface area contributed by atoms with E-state index in [-0.39, 0.29) is 11.9 Å². The van der Waals surface area contributed by atoms with Crippen LogP contribution in [0, 0.1) is 0 Å². The Bertz CT molecular complexity index is 927. The lowest BCUT2D eigenvalue weighted by Crippen LogP contribution is -2.41. The monoisotopic (exact) mass is 397 g/mol. The van der Waals surface area contributed by atoms with Crippen molar-refractivity contribution in [3.8, 4) is 10.4 Å². The molecule has 1 amide bonds. The molecule has 28 heavy (non-hydrogen) atoms. The Hall–Kier alpha value is -2.58. The van der Waals surface area contributed by atoms with Crippen LogP contribution < -0.4 is 0 Å². The molecule has 4 rings (SSSR count). The highest BCUT2D eigenvalue weighted by atomic mass is 32.1. The van der Waals surface area contributed by atoms with E-state index in [0.29, 0.717) is 30.8 Å². The number of aromatic nitrogens is 4. The minimum absolute atomic E-state index is 0.0147. The number of carbonyl (C=O) groups excluding carboxylic acids is 1. The second kappa shape index (κ2) is 7.81. The molecule has 2 atom stereocenters. The second-order valence-electron chi connectivity index (χ2n) is 7.14. The minimum Gasteiger partial charge on any atom is -0.382 e. The summed E-state index contributed by atoms with van der Waals surface area (Å²) in [6, 6.07) is 3.62. The number of carbonyl (C=O) groups is 1. The number of H-pyrrole nitrogens is 1. The summed E-state index contributed by atoms with van der Waals surface area (Å²) in [4.78, 5) is 24.6. The van der Waals surface area contributed by atoms with E-state index in [1.807, 2.05) is 29.5 Å². The highest BCUT2D eigenvalue weighted by molar-refractivity contribution is 7.13. The summed E-state index contributed by atoms with van der Waals surface area (Å²) in [6.45, 7) is 2.63. The van der Waals surface area contributed by atoms with Gasteiger partial charge in [-0.25, -0.2) is 9.97 Å². The first-order chi connectivity index (χ1) is 13.6. The number of nitrogens with zero attached hydrogens (tertiary/aromatic N) is 4. The fourth-order valence-corrected chi connectivity index (χ4v) is 4.65. The van der Waals surface area contributed by atoms with Crippen molar-refractivity contribution in [3.05, 3.63) is 53.7 Å². The third-order valence-electron chi connectivity index (χ3n) is 5.41. The third kappa shape index (κ3) is 3.57. The zero-order valence-corrected chi connectivity index (χ0v) is 16.5. The normalized spacial score (nSPS) is 18.9. The number of aliphatic hydroxyl groups is 1. The van der Waals surface area contributed by atoms with Crippen LogP contribution in [0.3, 0.4) is 0 Å². The van der Waals surface area contributed by atoms with Crippen molar-refractivity contribution in [1.82, 2.24) is 25.1 Å². The van der Waals surface area contributed by atoms with E-state index in [0.717, 1.165) is 23.3 Å². The first-order valence-electron chi connectivity index (χ1n) is 9.49. The van der Waals surface area contributed by atoms with E-state index in [4.69, 9.17) is 0 Å². The Morgan fingerprint density at radius 1 is 1.43 bits per heavy atom. The van der Waals surface area contributed by atoms with Crippen molar-refractivity contribution in [3.63, 3.8) is 0 Å². The average Bonchev–Trinajstić information content (AvgIpc) is 3.48. The number of hydrogen-bond acceptors (Lipinski definition) is 6. The van der Waals surface area contributed by atoms with Gasteiger partial charge in [-0.3, -0.25) is 9.89 Å². The Labute approximate surface area is 167 Å². The molecule has 1 aliphatic rings. The zero-order chi connectivity index (χ0) is 19.6. The Kier molecular flexibility index (Phi) is 5.23. The molecule has 0 radical (unpaired) electrons. The van der Waals surface area contributed by atoms with Gasteiger partial charge >= 0.3 is 0 Å². The van der Waals surface area contributed by atoms with Crippen LogP contribution in [0.5, 0.6) is 0 Å². The van der Waals surface area contributed by atoms with Crippen molar-refractivity contribution in [1.29, 1.82) is 0 Å². The standard InChI is InChI=1S/C20H23N5O2S/c1-2-20(27,19-21-6-4-7-22-19)10-16-5-3-8-25(16)18(26)14-9-17(28-13-14)15-11-23-24-12-15/h4,6-7,9,11-13,16,27H,2-3,5,8,10H2,1H3,(H,23,24). The molecule has 4 heterocycles. The van der Waals surface area contributed by atoms with Gasteiger partial charge in [0.15, 0.2) is 5.82 Å². The fraction of sp³-hybridized carbons (Fsp3) is 0.400. The summed E-state index contributed by atoms with van der Waals surface area (Å²) in [7, 11) is 0. The molecule has 0 aromatic carbocycles. The molecule has 1 saturated heterocycles. The van der Waals surface area contributed by atoms with Gasteiger partial charge in [0.1, 0.15) is 5.60 Å². The molecule has 2 N–H and O–H groups in total. The molecule has 7 nitrogen and oxygen atoms in total. The van der Waals surface area contributed by atoms with E-state index in [1.54, 1.807) is 24.7 Å². The van der Waals surface area contributed by atoms with Crippen LogP contribution in [-0.4, -0.2) is 48.7 Å². The van der Waals surface area contributed by atoms with Gasteiger partial charge in [0.2, 0.25) is 0 Å². The van der Waals surface area contributed by atoms with Gasteiger partial charge in [-0.2, -0.15) is 5.10 Å². The van der Waals surface area contributed by atoms with Crippen LogP contribution in [0.1, 0.15) is 48.8 Å². The Morgan fingerprint density at radius 3 is 2.96 bits per heavy atom. The van der Waals surface area contributed by atoms with Crippen LogP contribution in [0.15, 0.2) is 42.3 Å². The molecular weight excluding hydrogens is 374 g/mol. The van der Waals surface area contributed by atoms with Crippen molar-refractivity contribution < 1.29 is 9.90 Å². The van der Waals surface area contributed by atoms with Crippen molar-refractivity contribution >= 4 is 17.2 Å². The largest absolute Gasteiger partial charge is 0.382 e. The Morgan fingerprint density at radius 2 is 2.25 bits per heavy atom. The molecule has 0 spiro atoms. The SMILES string of the molecule is CCC(O)(CC1CCCN1C(=O)c1csc(-c2cn[nH]c2)c1)c1ncccn1. The van der Waals surface area contributed by atoms with E-state index < -0.39 is 5.60 Å². The van der Waals surface area contributed by atoms with Crippen molar-refractivity contribution in [2.75, 3.05) is 6.54 Å². The second-order valence-corrected chi connectivity index (χ2v) is 8.05. The lowest BCUT2D eigenvalue weighted by molar-refractivity contribution is -0.00573. The molecular formula is C20H23N5O2S. The molecule has 0 bridgehead atoms. The fourth-order valence-electron chi connectivity index (χ4n) is 3.79. The van der Waals surface area contributed by atoms with Gasteiger partial charge in [0, 0.05) is 53.4 Å². The van der Waals surface area contributed by atoms with Gasteiger partial charge in [-0.1, -0.05) is 6.92 Å². The van der Waals surface area contributed by atoms with Crippen LogP contribution >= 0.6 is 11.3 Å². The highest BCUT2D eigenvalue weighted by Crippen LogP contribution is 2.34. The number of thiophene rings is 1. The molecule has 3 aromatic heterocycles. The van der Waals surface area contributed by atoms with Crippen LogP contribution in [0.4, 0.5) is 0 Å². The predicted octanol–water partition coefficient (Wildman–Crippen LogP) is 3.22. The summed E-state index contributed by atoms with van der Waals surface area (Å²) >= 11 is 1.53. The van der Waals surface area contributed by atoms with Crippen molar-refractivity contribution in [2.45, 2.75) is 44.2 Å². The van der Waals surface area contributed by atoms with Gasteiger partial charge in [0.05, 0.1) is 11.8 Å². The van der Waals surface area contributed by atoms with Crippen LogP contribution in [-0.2, 0) is 5.60 Å². The third-order valence-corrected chi connectivity index (χ3v) is 6.39. The Balaban J connectivity index is 1.52. The molecule has 1 fully saturated rings. The molecule has 3 aromatic rings. The molecule has 0 aliphatic carbocycles. The number of aromatic amines is 1. The summed E-state index contributed by atoms with van der Waals surface area (Å²) in [5.74, 6) is 0.440. The summed E-state index contributed by atoms with van der Waals surface area (Å²) < 4.78 is 0. The highest BCUT2D eigenvalue weighted by Gasteiger charge is 2.39. The lowest BCUT2D eigenvalue weighted by atomic mass is 9.90. The maximum atomic E-state index is 13.1. The van der Waals surface area contributed by atoms with E-state index in [9.17, 15) is 9.90 Å². The van der Waals surface area contributed by atoms with E-state index in [2.05, 4.69) is 20.2 Å². The van der Waals surface area contributed by atoms with E-state index >= 15 is 0 Å². The van der Waals surface area contributed by atoms with Gasteiger partial charge < -0.3 is 10.0 Å². The number of amides is 1. The van der Waals surface area contributed by atoms with Crippen molar-refractivity contribution in [2.24, 2.45) is 0 Å². The van der Waals surface area contributed by atoms with Crippen LogP contribution in [0.25, 0.3) is 10.4 Å². The maximum absolute atomic E-state index is 13.1. The summed E-state index contributed by atoms with van der Waals surface area (Å²) in [5.41, 5.74) is 0.526. The lowest BCUT2D eigenvalue weighted by Gasteiger charge is -2.32.